The van der Waals surface area contributed by atoms with Crippen LogP contribution in [0.5, 0.6) is 0 Å². The lowest BCUT2D eigenvalue weighted by Crippen LogP contribution is -2.34. The molecule has 1 aromatic heterocycles. The third kappa shape index (κ3) is 3.69. The van der Waals surface area contributed by atoms with E-state index in [0.717, 1.165) is 0 Å². The Morgan fingerprint density at radius 2 is 2.14 bits per heavy atom. The van der Waals surface area contributed by atoms with Crippen LogP contribution >= 0.6 is 11.6 Å². The Morgan fingerprint density at radius 3 is 2.71 bits per heavy atom. The van der Waals surface area contributed by atoms with Crippen LogP contribution in [0.4, 0.5) is 0 Å². The number of hydrogen-bond donors (Lipinski definition) is 2. The molecule has 0 bridgehead atoms. The number of rotatable bonds is 4. The summed E-state index contributed by atoms with van der Waals surface area (Å²) in [7, 11) is 0. The summed E-state index contributed by atoms with van der Waals surface area (Å²) >= 11 is 5.98. The monoisotopic (exact) mass is 311 g/mol. The summed E-state index contributed by atoms with van der Waals surface area (Å²) < 4.78 is 0. The van der Waals surface area contributed by atoms with Gasteiger partial charge in [0.2, 0.25) is 0 Å². The number of carbonyl (C=O) groups excluding carboxylic acids is 1. The first-order chi connectivity index (χ1) is 9.88. The van der Waals surface area contributed by atoms with Gasteiger partial charge in [-0.05, 0) is 19.3 Å². The number of nitrogens with zero attached hydrogens (tertiary/aromatic N) is 2. The summed E-state index contributed by atoms with van der Waals surface area (Å²) in [5.74, 6) is -0.923. The van der Waals surface area contributed by atoms with Crippen LogP contribution in [0.2, 0.25) is 5.02 Å². The lowest BCUT2D eigenvalue weighted by molar-refractivity contribution is -0.141. The fraction of sp³-hybridized carbons (Fsp3) is 0.571. The molecule has 2 atom stereocenters. The van der Waals surface area contributed by atoms with Crippen molar-refractivity contribution in [3.05, 3.63) is 22.7 Å². The van der Waals surface area contributed by atoms with Crippen molar-refractivity contribution >= 4 is 23.5 Å². The number of hydrogen-bond acceptors (Lipinski definition) is 4. The lowest BCUT2D eigenvalue weighted by atomic mass is 10.1. The van der Waals surface area contributed by atoms with Crippen LogP contribution in [0, 0.1) is 5.92 Å². The lowest BCUT2D eigenvalue weighted by Gasteiger charge is -2.13. The normalized spacial score (nSPS) is 21.5. The van der Waals surface area contributed by atoms with Gasteiger partial charge in [-0.1, -0.05) is 25.4 Å². The maximum absolute atomic E-state index is 12.2. The van der Waals surface area contributed by atoms with E-state index in [-0.39, 0.29) is 34.5 Å². The molecule has 1 heterocycles. The van der Waals surface area contributed by atoms with E-state index in [0.29, 0.717) is 25.1 Å². The summed E-state index contributed by atoms with van der Waals surface area (Å²) in [5, 5.41) is 12.0. The van der Waals surface area contributed by atoms with E-state index in [2.05, 4.69) is 15.3 Å². The quantitative estimate of drug-likeness (QED) is 0.889. The Hall–Kier alpha value is -1.69. The molecule has 0 spiro atoms. The zero-order valence-corrected chi connectivity index (χ0v) is 12.7. The topological polar surface area (TPSA) is 92.2 Å². The Kier molecular flexibility index (Phi) is 4.77. The highest BCUT2D eigenvalue weighted by Crippen LogP contribution is 2.26. The minimum Gasteiger partial charge on any atom is -0.481 e. The van der Waals surface area contributed by atoms with Gasteiger partial charge in [-0.2, -0.15) is 0 Å². The Balaban J connectivity index is 2.07. The van der Waals surface area contributed by atoms with Crippen molar-refractivity contribution in [3.63, 3.8) is 0 Å². The molecule has 1 fully saturated rings. The number of carboxylic acid groups (broad SMARTS) is 1. The zero-order valence-electron chi connectivity index (χ0n) is 12.0. The van der Waals surface area contributed by atoms with Crippen LogP contribution in [0.1, 0.15) is 55.3 Å². The summed E-state index contributed by atoms with van der Waals surface area (Å²) in [5.41, 5.74) is 0.147. The summed E-state index contributed by atoms with van der Waals surface area (Å²) in [6.07, 6.45) is 3.10. The van der Waals surface area contributed by atoms with Gasteiger partial charge in [-0.15, -0.1) is 0 Å². The van der Waals surface area contributed by atoms with Gasteiger partial charge >= 0.3 is 5.97 Å². The van der Waals surface area contributed by atoms with Gasteiger partial charge in [0.25, 0.3) is 5.91 Å². The smallest absolute Gasteiger partial charge is 0.306 e. The Bertz CT molecular complexity index is 562. The van der Waals surface area contributed by atoms with E-state index in [4.69, 9.17) is 16.7 Å². The summed E-state index contributed by atoms with van der Waals surface area (Å²) in [6.45, 7) is 3.86. The van der Waals surface area contributed by atoms with Crippen molar-refractivity contribution in [2.75, 3.05) is 0 Å². The molecule has 0 aliphatic heterocycles. The Labute approximate surface area is 127 Å². The number of carboxylic acids is 1. The summed E-state index contributed by atoms with van der Waals surface area (Å²) in [6, 6.07) is -0.146. The zero-order chi connectivity index (χ0) is 15.6. The fourth-order valence-electron chi connectivity index (χ4n) is 2.41. The van der Waals surface area contributed by atoms with Crippen molar-refractivity contribution < 1.29 is 14.7 Å². The fourth-order valence-corrected chi connectivity index (χ4v) is 2.59. The van der Waals surface area contributed by atoms with Crippen molar-refractivity contribution in [2.24, 2.45) is 5.92 Å². The molecule has 1 aliphatic rings. The van der Waals surface area contributed by atoms with Gasteiger partial charge in [0.05, 0.1) is 17.1 Å². The number of carbonyl (C=O) groups is 2. The first kappa shape index (κ1) is 15.7. The van der Waals surface area contributed by atoms with Gasteiger partial charge in [-0.3, -0.25) is 9.59 Å². The Morgan fingerprint density at radius 1 is 1.43 bits per heavy atom. The predicted molar refractivity (Wildman–Crippen MR) is 77.4 cm³/mol. The van der Waals surface area contributed by atoms with Crippen LogP contribution in [0.3, 0.4) is 0 Å². The molecule has 0 aromatic carbocycles. The minimum atomic E-state index is -0.811. The van der Waals surface area contributed by atoms with Crippen LogP contribution in [-0.2, 0) is 4.79 Å². The molecule has 1 aromatic rings. The number of amides is 1. The first-order valence-electron chi connectivity index (χ1n) is 6.94. The largest absolute Gasteiger partial charge is 0.481 e. The van der Waals surface area contributed by atoms with E-state index in [9.17, 15) is 9.59 Å². The van der Waals surface area contributed by atoms with Gasteiger partial charge in [0.15, 0.2) is 0 Å². The second kappa shape index (κ2) is 6.39. The summed E-state index contributed by atoms with van der Waals surface area (Å²) in [4.78, 5) is 31.4. The second-order valence-electron chi connectivity index (χ2n) is 5.60. The van der Waals surface area contributed by atoms with Gasteiger partial charge in [0, 0.05) is 12.0 Å². The molecule has 2 N–H and O–H groups in total. The predicted octanol–water partition coefficient (Wildman–Crippen LogP) is 2.24. The molecular formula is C14H18ClN3O3. The van der Waals surface area contributed by atoms with Crippen molar-refractivity contribution in [3.8, 4) is 0 Å². The van der Waals surface area contributed by atoms with Gasteiger partial charge < -0.3 is 10.4 Å². The van der Waals surface area contributed by atoms with Crippen LogP contribution in [0.25, 0.3) is 0 Å². The molecule has 6 nitrogen and oxygen atoms in total. The number of halogens is 1. The molecule has 1 saturated carbocycles. The van der Waals surface area contributed by atoms with Crippen LogP contribution in [-0.4, -0.2) is 33.0 Å². The molecular weight excluding hydrogens is 294 g/mol. The second-order valence-corrected chi connectivity index (χ2v) is 6.01. The van der Waals surface area contributed by atoms with Crippen molar-refractivity contribution in [1.29, 1.82) is 0 Å². The maximum Gasteiger partial charge on any atom is 0.306 e. The highest BCUT2D eigenvalue weighted by molar-refractivity contribution is 6.33. The van der Waals surface area contributed by atoms with Crippen molar-refractivity contribution in [1.82, 2.24) is 15.3 Å². The molecule has 21 heavy (non-hydrogen) atoms. The first-order valence-corrected chi connectivity index (χ1v) is 7.32. The molecule has 0 saturated heterocycles. The molecule has 2 rings (SSSR count). The van der Waals surface area contributed by atoms with E-state index in [1.54, 1.807) is 0 Å². The van der Waals surface area contributed by atoms with E-state index in [1.807, 2.05) is 13.8 Å². The third-order valence-electron chi connectivity index (χ3n) is 3.61. The average Bonchev–Trinajstić information content (AvgIpc) is 2.87. The number of aromatic nitrogens is 2. The van der Waals surface area contributed by atoms with Crippen LogP contribution < -0.4 is 5.32 Å². The highest BCUT2D eigenvalue weighted by atomic mass is 35.5. The maximum atomic E-state index is 12.2. The molecule has 7 heteroatoms. The van der Waals surface area contributed by atoms with Crippen molar-refractivity contribution in [2.45, 2.75) is 45.1 Å². The van der Waals surface area contributed by atoms with Gasteiger partial charge in [-0.25, -0.2) is 9.97 Å². The van der Waals surface area contributed by atoms with E-state index in [1.165, 1.54) is 6.20 Å². The standard InChI is InChI=1S/C14H18ClN3O3/c1-7(2)12-16-6-10(15)11(18-12)13(19)17-9-4-3-8(5-9)14(20)21/h6-9H,3-5H2,1-2H3,(H,17,19)(H,20,21)/t8-,9+/m1/s1. The molecule has 114 valence electrons. The molecule has 1 amide bonds. The van der Waals surface area contributed by atoms with Gasteiger partial charge in [0.1, 0.15) is 11.5 Å². The SMILES string of the molecule is CC(C)c1ncc(Cl)c(C(=O)N[C@H]2CC[C@@H](C(=O)O)C2)n1. The number of nitrogens with one attached hydrogen (secondary N) is 1. The van der Waals surface area contributed by atoms with E-state index < -0.39 is 5.97 Å². The molecule has 1 aliphatic carbocycles. The van der Waals surface area contributed by atoms with E-state index >= 15 is 0 Å². The average molecular weight is 312 g/mol. The third-order valence-corrected chi connectivity index (χ3v) is 3.89. The highest BCUT2D eigenvalue weighted by Gasteiger charge is 2.31. The molecule has 0 unspecified atom stereocenters. The molecule has 0 radical (unpaired) electrons. The number of aliphatic carboxylic acids is 1. The minimum absolute atomic E-state index is 0.0942. The van der Waals surface area contributed by atoms with Crippen LogP contribution in [0.15, 0.2) is 6.20 Å².